The van der Waals surface area contributed by atoms with Crippen LogP contribution >= 0.6 is 7.82 Å². The van der Waals surface area contributed by atoms with Gasteiger partial charge in [0, 0.05) is 6.54 Å². The largest absolute Gasteiger partial charge is 0.472 e. The Morgan fingerprint density at radius 3 is 1.93 bits per heavy atom. The lowest BCUT2D eigenvalue weighted by Gasteiger charge is -2.24. The molecular formula is C32H63N2O7P. The Hall–Kier alpha value is -1.06. The highest BCUT2D eigenvalue weighted by Gasteiger charge is 2.27. The number of allylic oxidation sites excluding steroid dienone is 3. The van der Waals surface area contributed by atoms with Crippen molar-refractivity contribution in [3.05, 3.63) is 24.3 Å². The van der Waals surface area contributed by atoms with Crippen molar-refractivity contribution in [2.45, 2.75) is 154 Å². The molecule has 0 spiro atoms. The first-order valence-corrected chi connectivity index (χ1v) is 18.0. The third-order valence-electron chi connectivity index (χ3n) is 7.08. The van der Waals surface area contributed by atoms with Crippen LogP contribution in [-0.2, 0) is 18.4 Å². The van der Waals surface area contributed by atoms with Crippen LogP contribution in [0.2, 0.25) is 0 Å². The fourth-order valence-corrected chi connectivity index (χ4v) is 5.28. The molecule has 0 saturated carbocycles. The number of phosphoric ester groups is 1. The second-order valence-electron chi connectivity index (χ2n) is 11.2. The van der Waals surface area contributed by atoms with Crippen LogP contribution in [-0.4, -0.2) is 59.0 Å². The Morgan fingerprint density at radius 1 is 0.810 bits per heavy atom. The predicted octanol–water partition coefficient (Wildman–Crippen LogP) is 6.85. The van der Waals surface area contributed by atoms with E-state index in [0.29, 0.717) is 6.42 Å². The van der Waals surface area contributed by atoms with Crippen LogP contribution in [0.5, 0.6) is 0 Å². The van der Waals surface area contributed by atoms with E-state index < -0.39 is 38.6 Å². The van der Waals surface area contributed by atoms with Gasteiger partial charge in [-0.05, 0) is 44.9 Å². The first-order valence-electron chi connectivity index (χ1n) is 16.5. The second kappa shape index (κ2) is 28.7. The number of aliphatic hydroxyl groups excluding tert-OH is 2. The Kier molecular flexibility index (Phi) is 28.0. The molecule has 0 radical (unpaired) electrons. The maximum absolute atomic E-state index is 12.6. The Bertz CT molecular complexity index is 736. The van der Waals surface area contributed by atoms with E-state index in [1.807, 2.05) is 6.08 Å². The summed E-state index contributed by atoms with van der Waals surface area (Å²) in [4.78, 5) is 22.4. The summed E-state index contributed by atoms with van der Waals surface area (Å²) in [5.41, 5.74) is 5.31. The third-order valence-corrected chi connectivity index (χ3v) is 8.06. The quantitative estimate of drug-likeness (QED) is 0.0333. The van der Waals surface area contributed by atoms with Gasteiger partial charge in [-0.3, -0.25) is 13.8 Å². The van der Waals surface area contributed by atoms with Crippen LogP contribution in [0.4, 0.5) is 0 Å². The molecule has 248 valence electrons. The van der Waals surface area contributed by atoms with Gasteiger partial charge in [0.2, 0.25) is 5.91 Å². The first kappa shape index (κ1) is 40.9. The van der Waals surface area contributed by atoms with Gasteiger partial charge in [-0.1, -0.05) is 109 Å². The molecule has 0 bridgehead atoms. The average Bonchev–Trinajstić information content (AvgIpc) is 2.96. The van der Waals surface area contributed by atoms with Crippen LogP contribution in [0.15, 0.2) is 24.3 Å². The van der Waals surface area contributed by atoms with Gasteiger partial charge in [0.15, 0.2) is 0 Å². The van der Waals surface area contributed by atoms with Crippen LogP contribution in [0.1, 0.15) is 136 Å². The van der Waals surface area contributed by atoms with Crippen molar-refractivity contribution in [3.63, 3.8) is 0 Å². The standard InChI is InChI=1S/C32H63N2O7P/c1-3-5-7-9-11-12-13-14-15-16-18-19-21-23-29(35)27-32(37)34-30(28-41-42(38,39)40-26-25-33)31(36)24-22-20-17-10-8-6-4-2/h12-13,22,24,29-31,35-36H,3-11,14-21,23,25-28,33H2,1-2H3,(H,34,37)(H,38,39)/b13-12-,24-22+. The maximum atomic E-state index is 12.6. The number of rotatable bonds is 30. The van der Waals surface area contributed by atoms with Crippen molar-refractivity contribution in [2.75, 3.05) is 19.8 Å². The van der Waals surface area contributed by atoms with Gasteiger partial charge < -0.3 is 26.2 Å². The van der Waals surface area contributed by atoms with Crippen LogP contribution in [0, 0.1) is 0 Å². The molecule has 4 atom stereocenters. The zero-order valence-electron chi connectivity index (χ0n) is 26.6. The van der Waals surface area contributed by atoms with E-state index >= 15 is 0 Å². The van der Waals surface area contributed by atoms with Gasteiger partial charge in [-0.25, -0.2) is 4.57 Å². The molecule has 10 heteroatoms. The van der Waals surface area contributed by atoms with E-state index in [0.717, 1.165) is 51.4 Å². The molecule has 0 aromatic rings. The summed E-state index contributed by atoms with van der Waals surface area (Å²) in [6.07, 6.45) is 25.7. The summed E-state index contributed by atoms with van der Waals surface area (Å²) in [6.45, 7) is 3.85. The van der Waals surface area contributed by atoms with E-state index in [1.165, 1.54) is 57.8 Å². The number of nitrogens with two attached hydrogens (primary N) is 1. The molecule has 0 fully saturated rings. The Labute approximate surface area is 256 Å². The minimum atomic E-state index is -4.38. The minimum Gasteiger partial charge on any atom is -0.393 e. The summed E-state index contributed by atoms with van der Waals surface area (Å²) < 4.78 is 21.8. The summed E-state index contributed by atoms with van der Waals surface area (Å²) in [5.74, 6) is -0.458. The van der Waals surface area contributed by atoms with Gasteiger partial charge in [0.1, 0.15) is 0 Å². The van der Waals surface area contributed by atoms with Gasteiger partial charge in [-0.15, -0.1) is 0 Å². The second-order valence-corrected chi connectivity index (χ2v) is 12.7. The topological polar surface area (TPSA) is 151 Å². The van der Waals surface area contributed by atoms with E-state index in [1.54, 1.807) is 6.08 Å². The highest BCUT2D eigenvalue weighted by molar-refractivity contribution is 7.47. The lowest BCUT2D eigenvalue weighted by Crippen LogP contribution is -2.46. The molecule has 0 heterocycles. The molecule has 0 aliphatic rings. The molecule has 4 unspecified atom stereocenters. The molecule has 0 aromatic carbocycles. The number of aliphatic hydroxyl groups is 2. The minimum absolute atomic E-state index is 0.0478. The highest BCUT2D eigenvalue weighted by atomic mass is 31.2. The van der Waals surface area contributed by atoms with Gasteiger partial charge in [0.25, 0.3) is 0 Å². The fourth-order valence-electron chi connectivity index (χ4n) is 4.52. The number of unbranched alkanes of at least 4 members (excludes halogenated alkanes) is 14. The highest BCUT2D eigenvalue weighted by Crippen LogP contribution is 2.43. The molecule has 0 aliphatic carbocycles. The van der Waals surface area contributed by atoms with Gasteiger partial charge in [-0.2, -0.15) is 0 Å². The van der Waals surface area contributed by atoms with Crippen molar-refractivity contribution in [1.29, 1.82) is 0 Å². The number of amides is 1. The number of hydrogen-bond donors (Lipinski definition) is 5. The van der Waals surface area contributed by atoms with Crippen molar-refractivity contribution < 1.29 is 33.5 Å². The number of hydrogen-bond acceptors (Lipinski definition) is 7. The predicted molar refractivity (Wildman–Crippen MR) is 172 cm³/mol. The normalized spacial score (nSPS) is 15.7. The monoisotopic (exact) mass is 618 g/mol. The lowest BCUT2D eigenvalue weighted by molar-refractivity contribution is -0.124. The number of carbonyl (C=O) groups is 1. The van der Waals surface area contributed by atoms with Crippen molar-refractivity contribution in [3.8, 4) is 0 Å². The van der Waals surface area contributed by atoms with E-state index in [9.17, 15) is 24.5 Å². The molecular weight excluding hydrogens is 555 g/mol. The zero-order valence-corrected chi connectivity index (χ0v) is 27.5. The fraction of sp³-hybridized carbons (Fsp3) is 0.844. The molecule has 6 N–H and O–H groups in total. The smallest absolute Gasteiger partial charge is 0.393 e. The zero-order chi connectivity index (χ0) is 31.3. The maximum Gasteiger partial charge on any atom is 0.472 e. The van der Waals surface area contributed by atoms with E-state index in [2.05, 4.69) is 31.3 Å². The molecule has 0 aromatic heterocycles. The van der Waals surface area contributed by atoms with Crippen LogP contribution in [0.25, 0.3) is 0 Å². The SMILES string of the molecule is CCCCCC/C=C\CCCCCCCC(O)CC(=O)NC(COP(=O)(O)OCCN)C(O)/C=C/CCCCCCC. The number of carbonyl (C=O) groups excluding carboxylic acids is 1. The van der Waals surface area contributed by atoms with E-state index in [4.69, 9.17) is 14.8 Å². The summed E-state index contributed by atoms with van der Waals surface area (Å²) in [5, 5.41) is 23.7. The van der Waals surface area contributed by atoms with Gasteiger partial charge >= 0.3 is 7.82 Å². The van der Waals surface area contributed by atoms with Gasteiger partial charge in [0.05, 0.1) is 37.9 Å². The molecule has 0 aliphatic heterocycles. The molecule has 1 amide bonds. The summed E-state index contributed by atoms with van der Waals surface area (Å²) in [7, 11) is -4.38. The first-order chi connectivity index (χ1) is 20.3. The molecule has 0 rings (SSSR count). The van der Waals surface area contributed by atoms with Crippen molar-refractivity contribution in [1.82, 2.24) is 5.32 Å². The summed E-state index contributed by atoms with van der Waals surface area (Å²) >= 11 is 0. The van der Waals surface area contributed by atoms with Crippen molar-refractivity contribution >= 4 is 13.7 Å². The summed E-state index contributed by atoms with van der Waals surface area (Å²) in [6, 6.07) is -0.978. The number of nitrogens with one attached hydrogen (secondary N) is 1. The molecule has 42 heavy (non-hydrogen) atoms. The Morgan fingerprint density at radius 2 is 1.33 bits per heavy atom. The average molecular weight is 619 g/mol. The van der Waals surface area contributed by atoms with Crippen molar-refractivity contribution in [2.24, 2.45) is 5.73 Å². The number of phosphoric acid groups is 1. The Balaban J connectivity index is 4.45. The molecule has 0 saturated heterocycles. The van der Waals surface area contributed by atoms with Crippen LogP contribution in [0.3, 0.4) is 0 Å². The van der Waals surface area contributed by atoms with Crippen LogP contribution < -0.4 is 11.1 Å². The lowest BCUT2D eigenvalue weighted by atomic mass is 10.0. The molecule has 9 nitrogen and oxygen atoms in total. The third kappa shape index (κ3) is 26.6. The van der Waals surface area contributed by atoms with E-state index in [-0.39, 0.29) is 19.6 Å².